The largest absolute Gasteiger partial charge is 0.452 e. The third-order valence-corrected chi connectivity index (χ3v) is 4.04. The van der Waals surface area contributed by atoms with Crippen LogP contribution >= 0.6 is 0 Å². The van der Waals surface area contributed by atoms with Crippen LogP contribution in [0.4, 0.5) is 5.69 Å². The summed E-state index contributed by atoms with van der Waals surface area (Å²) in [6, 6.07) is 6.20. The molecule has 2 rings (SSSR count). The molecule has 0 heterocycles. The van der Waals surface area contributed by atoms with E-state index in [0.29, 0.717) is 11.3 Å². The Bertz CT molecular complexity index is 577. The Morgan fingerprint density at radius 3 is 2.30 bits per heavy atom. The number of hydrogen-bond acceptors (Lipinski definition) is 4. The van der Waals surface area contributed by atoms with Crippen LogP contribution in [0, 0.1) is 5.92 Å². The Morgan fingerprint density at radius 2 is 1.74 bits per heavy atom. The lowest BCUT2D eigenvalue weighted by atomic mass is 9.89. The molecule has 6 nitrogen and oxygen atoms in total. The van der Waals surface area contributed by atoms with Gasteiger partial charge >= 0.3 is 5.97 Å². The summed E-state index contributed by atoms with van der Waals surface area (Å²) < 4.78 is 5.26. The van der Waals surface area contributed by atoms with Gasteiger partial charge in [-0.15, -0.1) is 0 Å². The van der Waals surface area contributed by atoms with Gasteiger partial charge in [0.05, 0.1) is 5.92 Å². The molecule has 0 bridgehead atoms. The van der Waals surface area contributed by atoms with Crippen LogP contribution in [0.25, 0.3) is 0 Å². The SMILES string of the molecule is C[C@H](OC(=O)C1CCCCC1)C(=O)Nc1ccc(C(N)=O)cc1. The maximum absolute atomic E-state index is 12.1. The third kappa shape index (κ3) is 4.81. The first-order chi connectivity index (χ1) is 11.0. The van der Waals surface area contributed by atoms with Gasteiger partial charge in [-0.1, -0.05) is 19.3 Å². The molecule has 23 heavy (non-hydrogen) atoms. The molecule has 1 saturated carbocycles. The molecular formula is C17H22N2O4. The number of amides is 2. The lowest BCUT2D eigenvalue weighted by molar-refractivity contribution is -0.158. The van der Waals surface area contributed by atoms with Crippen LogP contribution in [-0.2, 0) is 14.3 Å². The van der Waals surface area contributed by atoms with Crippen molar-refractivity contribution in [2.24, 2.45) is 11.7 Å². The standard InChI is InChI=1S/C17H22N2O4/c1-11(23-17(22)13-5-3-2-4-6-13)16(21)19-14-9-7-12(8-10-14)15(18)20/h7-11,13H,2-6H2,1H3,(H2,18,20)(H,19,21)/t11-/m0/s1. The van der Waals surface area contributed by atoms with Crippen molar-refractivity contribution in [1.82, 2.24) is 0 Å². The van der Waals surface area contributed by atoms with Gasteiger partial charge in [0, 0.05) is 11.3 Å². The number of carbonyl (C=O) groups excluding carboxylic acids is 3. The number of anilines is 1. The average molecular weight is 318 g/mol. The summed E-state index contributed by atoms with van der Waals surface area (Å²) in [5, 5.41) is 2.65. The minimum atomic E-state index is -0.861. The van der Waals surface area contributed by atoms with E-state index in [2.05, 4.69) is 5.32 Å². The number of nitrogens with two attached hydrogens (primary N) is 1. The zero-order valence-corrected chi connectivity index (χ0v) is 13.2. The van der Waals surface area contributed by atoms with Crippen LogP contribution in [0.2, 0.25) is 0 Å². The first-order valence-corrected chi connectivity index (χ1v) is 7.88. The van der Waals surface area contributed by atoms with Gasteiger partial charge in [-0.25, -0.2) is 0 Å². The molecule has 0 aromatic heterocycles. The van der Waals surface area contributed by atoms with Crippen LogP contribution in [0.1, 0.15) is 49.4 Å². The van der Waals surface area contributed by atoms with Crippen molar-refractivity contribution >= 4 is 23.5 Å². The number of carbonyl (C=O) groups is 3. The monoisotopic (exact) mass is 318 g/mol. The molecule has 2 amide bonds. The highest BCUT2D eigenvalue weighted by Gasteiger charge is 2.26. The quantitative estimate of drug-likeness (QED) is 0.813. The first-order valence-electron chi connectivity index (χ1n) is 7.88. The van der Waals surface area contributed by atoms with E-state index in [4.69, 9.17) is 10.5 Å². The third-order valence-electron chi connectivity index (χ3n) is 4.04. The molecule has 124 valence electrons. The molecule has 3 N–H and O–H groups in total. The normalized spacial score (nSPS) is 16.4. The number of rotatable bonds is 5. The molecule has 0 saturated heterocycles. The van der Waals surface area contributed by atoms with Crippen LogP contribution in [0.3, 0.4) is 0 Å². The fourth-order valence-electron chi connectivity index (χ4n) is 2.62. The number of nitrogens with one attached hydrogen (secondary N) is 1. The summed E-state index contributed by atoms with van der Waals surface area (Å²) in [5.41, 5.74) is 6.03. The highest BCUT2D eigenvalue weighted by molar-refractivity contribution is 5.96. The minimum absolute atomic E-state index is 0.0890. The lowest BCUT2D eigenvalue weighted by Gasteiger charge is -2.22. The highest BCUT2D eigenvalue weighted by atomic mass is 16.5. The van der Waals surface area contributed by atoms with Gasteiger partial charge in [0.1, 0.15) is 0 Å². The van der Waals surface area contributed by atoms with Gasteiger partial charge < -0.3 is 15.8 Å². The van der Waals surface area contributed by atoms with Crippen molar-refractivity contribution in [2.45, 2.75) is 45.1 Å². The van der Waals surface area contributed by atoms with Gasteiger partial charge in [-0.2, -0.15) is 0 Å². The predicted octanol–water partition coefficient (Wildman–Crippen LogP) is 2.24. The Balaban J connectivity index is 1.86. The number of benzene rings is 1. The first kappa shape index (κ1) is 17.0. The molecule has 1 aromatic rings. The van der Waals surface area contributed by atoms with Gasteiger partial charge in [0.15, 0.2) is 6.10 Å². The van der Waals surface area contributed by atoms with Crippen LogP contribution in [0.5, 0.6) is 0 Å². The summed E-state index contributed by atoms with van der Waals surface area (Å²) in [7, 11) is 0. The van der Waals surface area contributed by atoms with Crippen molar-refractivity contribution in [3.8, 4) is 0 Å². The Kier molecular flexibility index (Phi) is 5.73. The van der Waals surface area contributed by atoms with Gasteiger partial charge in [-0.05, 0) is 44.0 Å². The van der Waals surface area contributed by atoms with Crippen molar-refractivity contribution in [2.75, 3.05) is 5.32 Å². The Hall–Kier alpha value is -2.37. The fraction of sp³-hybridized carbons (Fsp3) is 0.471. The maximum atomic E-state index is 12.1. The molecule has 1 atom stereocenters. The summed E-state index contributed by atoms with van der Waals surface area (Å²) in [6.45, 7) is 1.55. The Morgan fingerprint density at radius 1 is 1.13 bits per heavy atom. The smallest absolute Gasteiger partial charge is 0.309 e. The highest BCUT2D eigenvalue weighted by Crippen LogP contribution is 2.25. The number of primary amides is 1. The van der Waals surface area contributed by atoms with E-state index in [1.165, 1.54) is 12.1 Å². The zero-order chi connectivity index (χ0) is 16.8. The molecule has 6 heteroatoms. The van der Waals surface area contributed by atoms with E-state index in [1.54, 1.807) is 19.1 Å². The van der Waals surface area contributed by atoms with Crippen molar-refractivity contribution in [3.63, 3.8) is 0 Å². The van der Waals surface area contributed by atoms with Crippen molar-refractivity contribution in [1.29, 1.82) is 0 Å². The summed E-state index contributed by atoms with van der Waals surface area (Å²) >= 11 is 0. The molecule has 1 aliphatic carbocycles. The maximum Gasteiger partial charge on any atom is 0.309 e. The zero-order valence-electron chi connectivity index (χ0n) is 13.2. The Labute approximate surface area is 135 Å². The van der Waals surface area contributed by atoms with Crippen molar-refractivity contribution < 1.29 is 19.1 Å². The van der Waals surface area contributed by atoms with Crippen molar-refractivity contribution in [3.05, 3.63) is 29.8 Å². The summed E-state index contributed by atoms with van der Waals surface area (Å²) in [6.07, 6.45) is 4.03. The second kappa shape index (κ2) is 7.76. The number of ether oxygens (including phenoxy) is 1. The molecule has 0 spiro atoms. The van der Waals surface area contributed by atoms with E-state index in [1.807, 2.05) is 0 Å². The van der Waals surface area contributed by atoms with E-state index in [9.17, 15) is 14.4 Å². The molecule has 0 aliphatic heterocycles. The van der Waals surface area contributed by atoms with E-state index in [-0.39, 0.29) is 11.9 Å². The summed E-state index contributed by atoms with van der Waals surface area (Å²) in [4.78, 5) is 35.1. The predicted molar refractivity (Wildman–Crippen MR) is 85.7 cm³/mol. The number of hydrogen-bond donors (Lipinski definition) is 2. The topological polar surface area (TPSA) is 98.5 Å². The van der Waals surface area contributed by atoms with Gasteiger partial charge in [-0.3, -0.25) is 14.4 Å². The van der Waals surface area contributed by atoms with Crippen LogP contribution < -0.4 is 11.1 Å². The molecular weight excluding hydrogens is 296 g/mol. The van der Waals surface area contributed by atoms with Crippen LogP contribution in [0.15, 0.2) is 24.3 Å². The molecule has 0 unspecified atom stereocenters. The fourth-order valence-corrected chi connectivity index (χ4v) is 2.62. The second-order valence-electron chi connectivity index (χ2n) is 5.84. The summed E-state index contributed by atoms with van der Waals surface area (Å²) in [5.74, 6) is -1.32. The van der Waals surface area contributed by atoms with E-state index >= 15 is 0 Å². The van der Waals surface area contributed by atoms with Gasteiger partial charge in [0.25, 0.3) is 5.91 Å². The molecule has 1 aromatic carbocycles. The molecule has 1 fully saturated rings. The second-order valence-corrected chi connectivity index (χ2v) is 5.84. The van der Waals surface area contributed by atoms with Crippen LogP contribution in [-0.4, -0.2) is 23.9 Å². The lowest BCUT2D eigenvalue weighted by Crippen LogP contribution is -2.32. The van der Waals surface area contributed by atoms with E-state index < -0.39 is 17.9 Å². The molecule has 1 aliphatic rings. The number of esters is 1. The minimum Gasteiger partial charge on any atom is -0.452 e. The molecule has 0 radical (unpaired) electrons. The van der Waals surface area contributed by atoms with Gasteiger partial charge in [0.2, 0.25) is 5.91 Å². The van der Waals surface area contributed by atoms with E-state index in [0.717, 1.165) is 32.1 Å². The average Bonchev–Trinajstić information content (AvgIpc) is 2.56.